The van der Waals surface area contributed by atoms with Gasteiger partial charge in [-0.15, -0.1) is 0 Å². The van der Waals surface area contributed by atoms with Crippen LogP contribution in [0.2, 0.25) is 0 Å². The van der Waals surface area contributed by atoms with E-state index >= 15 is 0 Å². The van der Waals surface area contributed by atoms with Crippen molar-refractivity contribution in [2.24, 2.45) is 0 Å². The SMILES string of the molecule is COC(=O)c1cn(-c2cccc(F)c2)cc2c(=O)n(-c3ccc(OC)cc3)nc1-2. The molecule has 0 aromatic heterocycles. The molecular weight excluding hydrogens is 377 g/mol. The molecule has 0 radical (unpaired) electrons. The van der Waals surface area contributed by atoms with Crippen molar-refractivity contribution in [2.45, 2.75) is 0 Å². The minimum atomic E-state index is -0.653. The van der Waals surface area contributed by atoms with Crippen molar-refractivity contribution < 1.29 is 18.7 Å². The number of ether oxygens (including phenoxy) is 2. The normalized spacial score (nSPS) is 10.9. The fourth-order valence-electron chi connectivity index (χ4n) is 3.05. The summed E-state index contributed by atoms with van der Waals surface area (Å²) >= 11 is 0. The molecule has 4 rings (SSSR count). The van der Waals surface area contributed by atoms with Gasteiger partial charge in [0, 0.05) is 18.1 Å². The highest BCUT2D eigenvalue weighted by Crippen LogP contribution is 2.25. The lowest BCUT2D eigenvalue weighted by molar-refractivity contribution is 0.0600. The van der Waals surface area contributed by atoms with E-state index in [9.17, 15) is 14.0 Å². The van der Waals surface area contributed by atoms with E-state index in [4.69, 9.17) is 9.47 Å². The van der Waals surface area contributed by atoms with Crippen molar-refractivity contribution in [2.75, 3.05) is 14.2 Å². The largest absolute Gasteiger partial charge is 0.497 e. The molecule has 0 N–H and O–H groups in total. The van der Waals surface area contributed by atoms with Gasteiger partial charge in [0.15, 0.2) is 0 Å². The number of esters is 1. The highest BCUT2D eigenvalue weighted by atomic mass is 19.1. The topological polar surface area (TPSA) is 75.3 Å². The van der Waals surface area contributed by atoms with Gasteiger partial charge >= 0.3 is 5.97 Å². The van der Waals surface area contributed by atoms with Crippen molar-refractivity contribution in [3.8, 4) is 28.4 Å². The Bertz CT molecular complexity index is 1230. The molecule has 0 atom stereocenters. The standard InChI is InChI=1S/C21H16FN3O4/c1-28-16-8-6-14(7-9-16)25-20(26)17-11-24(15-5-3-4-13(22)10-15)12-18(19(17)23-25)21(27)29-2/h3-12H,1-2H3. The van der Waals surface area contributed by atoms with Crippen LogP contribution >= 0.6 is 0 Å². The van der Waals surface area contributed by atoms with Crippen molar-refractivity contribution in [3.05, 3.63) is 82.7 Å². The number of hydrogen-bond acceptors (Lipinski definition) is 5. The first-order valence-electron chi connectivity index (χ1n) is 8.65. The second kappa shape index (κ2) is 7.23. The molecule has 2 aromatic carbocycles. The highest BCUT2D eigenvalue weighted by Gasteiger charge is 2.25. The average molecular weight is 393 g/mol. The number of benzene rings is 2. The van der Waals surface area contributed by atoms with Gasteiger partial charge in [0.1, 0.15) is 22.8 Å². The second-order valence-electron chi connectivity index (χ2n) is 6.23. The summed E-state index contributed by atoms with van der Waals surface area (Å²) < 4.78 is 26.3. The molecule has 0 aliphatic carbocycles. The summed E-state index contributed by atoms with van der Waals surface area (Å²) in [6, 6.07) is 12.6. The van der Waals surface area contributed by atoms with Crippen LogP contribution in [0.1, 0.15) is 10.4 Å². The first kappa shape index (κ1) is 18.4. The maximum atomic E-state index is 13.7. The van der Waals surface area contributed by atoms with Gasteiger partial charge in [0.2, 0.25) is 0 Å². The van der Waals surface area contributed by atoms with E-state index in [2.05, 4.69) is 5.10 Å². The van der Waals surface area contributed by atoms with Crippen molar-refractivity contribution in [1.82, 2.24) is 14.3 Å². The van der Waals surface area contributed by atoms with Crippen LogP contribution < -0.4 is 10.3 Å². The number of carbonyl (C=O) groups excluding carboxylic acids is 1. The molecule has 146 valence electrons. The number of rotatable bonds is 4. The number of aromatic nitrogens is 3. The van der Waals surface area contributed by atoms with Crippen LogP contribution in [0.25, 0.3) is 22.6 Å². The van der Waals surface area contributed by atoms with Gasteiger partial charge in [-0.2, -0.15) is 9.78 Å². The Labute approximate surface area is 164 Å². The lowest BCUT2D eigenvalue weighted by atomic mass is 10.1. The number of pyridine rings is 1. The van der Waals surface area contributed by atoms with E-state index in [0.29, 0.717) is 17.1 Å². The van der Waals surface area contributed by atoms with E-state index in [1.807, 2.05) is 0 Å². The Morgan fingerprint density at radius 1 is 1.03 bits per heavy atom. The molecule has 2 aromatic rings. The predicted octanol–water partition coefficient (Wildman–Crippen LogP) is 3.06. The second-order valence-corrected chi connectivity index (χ2v) is 6.23. The maximum Gasteiger partial charge on any atom is 0.341 e. The zero-order valence-corrected chi connectivity index (χ0v) is 15.6. The molecule has 2 aliphatic rings. The third kappa shape index (κ3) is 3.25. The van der Waals surface area contributed by atoms with E-state index in [-0.39, 0.29) is 16.8 Å². The number of hydrogen-bond donors (Lipinski definition) is 0. The molecule has 0 spiro atoms. The molecule has 0 fully saturated rings. The molecule has 2 aliphatic heterocycles. The fourth-order valence-corrected chi connectivity index (χ4v) is 3.05. The van der Waals surface area contributed by atoms with Crippen LogP contribution in [0.15, 0.2) is 65.7 Å². The van der Waals surface area contributed by atoms with Gasteiger partial charge in [-0.05, 0) is 42.5 Å². The Balaban J connectivity index is 1.96. The van der Waals surface area contributed by atoms with Crippen LogP contribution in [0.5, 0.6) is 5.75 Å². The first-order chi connectivity index (χ1) is 14.0. The number of halogens is 1. The zero-order chi connectivity index (χ0) is 20.5. The van der Waals surface area contributed by atoms with Crippen LogP contribution in [0.4, 0.5) is 4.39 Å². The lowest BCUT2D eigenvalue weighted by Crippen LogP contribution is -2.15. The lowest BCUT2D eigenvalue weighted by Gasteiger charge is -2.11. The van der Waals surface area contributed by atoms with E-state index in [0.717, 1.165) is 0 Å². The number of nitrogens with zero attached hydrogens (tertiary/aromatic N) is 3. The number of fused-ring (bicyclic) bond motifs is 1. The van der Waals surface area contributed by atoms with Gasteiger partial charge in [-0.1, -0.05) is 6.07 Å². The quantitative estimate of drug-likeness (QED) is 0.498. The molecule has 0 unspecified atom stereocenters. The van der Waals surface area contributed by atoms with Crippen LogP contribution in [0.3, 0.4) is 0 Å². The third-order valence-electron chi connectivity index (χ3n) is 4.50. The Hall–Kier alpha value is -3.94. The summed E-state index contributed by atoms with van der Waals surface area (Å²) in [5, 5.41) is 4.33. The Kier molecular flexibility index (Phi) is 4.59. The summed E-state index contributed by atoms with van der Waals surface area (Å²) in [7, 11) is 2.79. The molecule has 2 heterocycles. The summed E-state index contributed by atoms with van der Waals surface area (Å²) in [5.41, 5.74) is 1.05. The molecule has 0 saturated carbocycles. The fraction of sp³-hybridized carbons (Fsp3) is 0.0952. The summed E-state index contributed by atoms with van der Waals surface area (Å²) in [6.45, 7) is 0. The van der Waals surface area contributed by atoms with E-state index < -0.39 is 17.3 Å². The molecule has 8 heteroatoms. The minimum Gasteiger partial charge on any atom is -0.497 e. The van der Waals surface area contributed by atoms with Crippen molar-refractivity contribution in [3.63, 3.8) is 0 Å². The van der Waals surface area contributed by atoms with Crippen molar-refractivity contribution in [1.29, 1.82) is 0 Å². The van der Waals surface area contributed by atoms with E-state index in [1.54, 1.807) is 43.5 Å². The Morgan fingerprint density at radius 3 is 2.45 bits per heavy atom. The molecule has 0 bridgehead atoms. The van der Waals surface area contributed by atoms with E-state index in [1.165, 1.54) is 40.9 Å². The van der Waals surface area contributed by atoms with Gasteiger partial charge in [0.25, 0.3) is 5.56 Å². The van der Waals surface area contributed by atoms with Crippen LogP contribution in [0, 0.1) is 5.82 Å². The maximum absolute atomic E-state index is 13.7. The molecule has 29 heavy (non-hydrogen) atoms. The number of carbonyl (C=O) groups is 1. The zero-order valence-electron chi connectivity index (χ0n) is 15.6. The predicted molar refractivity (Wildman–Crippen MR) is 104 cm³/mol. The van der Waals surface area contributed by atoms with Crippen molar-refractivity contribution >= 4 is 5.97 Å². The summed E-state index contributed by atoms with van der Waals surface area (Å²) in [5.74, 6) is -0.455. The smallest absolute Gasteiger partial charge is 0.341 e. The summed E-state index contributed by atoms with van der Waals surface area (Å²) in [4.78, 5) is 25.4. The third-order valence-corrected chi connectivity index (χ3v) is 4.50. The minimum absolute atomic E-state index is 0.0959. The number of methoxy groups -OCH3 is 2. The van der Waals surface area contributed by atoms with Gasteiger partial charge in [0.05, 0.1) is 25.5 Å². The van der Waals surface area contributed by atoms with Gasteiger partial charge in [-0.25, -0.2) is 9.18 Å². The highest BCUT2D eigenvalue weighted by molar-refractivity contribution is 5.96. The molecule has 0 amide bonds. The monoisotopic (exact) mass is 393 g/mol. The van der Waals surface area contributed by atoms with Crippen LogP contribution in [-0.4, -0.2) is 34.5 Å². The Morgan fingerprint density at radius 2 is 1.79 bits per heavy atom. The van der Waals surface area contributed by atoms with Crippen LogP contribution in [-0.2, 0) is 4.74 Å². The first-order valence-corrected chi connectivity index (χ1v) is 8.65. The molecular formula is C21H16FN3O4. The molecule has 0 saturated heterocycles. The van der Waals surface area contributed by atoms with Gasteiger partial charge < -0.3 is 14.0 Å². The summed E-state index contributed by atoms with van der Waals surface area (Å²) in [6.07, 6.45) is 2.99. The van der Waals surface area contributed by atoms with Gasteiger partial charge in [-0.3, -0.25) is 4.79 Å². The molecule has 7 nitrogen and oxygen atoms in total. The average Bonchev–Trinajstić information content (AvgIpc) is 3.09.